The van der Waals surface area contributed by atoms with Crippen LogP contribution in [0.1, 0.15) is 35.5 Å². The van der Waals surface area contributed by atoms with E-state index in [2.05, 4.69) is 15.5 Å². The molecular weight excluding hydrogens is 467 g/mol. The van der Waals surface area contributed by atoms with Crippen molar-refractivity contribution < 1.29 is 13.7 Å². The minimum atomic E-state index is -0.518. The van der Waals surface area contributed by atoms with Gasteiger partial charge in [0.2, 0.25) is 5.82 Å². The van der Waals surface area contributed by atoms with Gasteiger partial charge >= 0.3 is 6.03 Å². The number of carbonyl (C=O) groups excluding carboxylic acids is 1. The molecule has 0 spiro atoms. The molecule has 0 aliphatic carbocycles. The van der Waals surface area contributed by atoms with Crippen LogP contribution in [-0.2, 0) is 6.54 Å². The van der Waals surface area contributed by atoms with Crippen LogP contribution in [0.3, 0.4) is 0 Å². The lowest BCUT2D eigenvalue weighted by Crippen LogP contribution is -2.45. The molecule has 1 aliphatic heterocycles. The molecule has 4 aromatic rings. The van der Waals surface area contributed by atoms with Gasteiger partial charge in [0.05, 0.1) is 18.2 Å². The van der Waals surface area contributed by atoms with Crippen LogP contribution in [0.4, 0.5) is 9.18 Å². The van der Waals surface area contributed by atoms with E-state index in [1.54, 1.807) is 29.2 Å². The first-order valence-corrected chi connectivity index (χ1v) is 11.5. The fourth-order valence-corrected chi connectivity index (χ4v) is 4.32. The molecule has 8 heteroatoms. The Kier molecular flexibility index (Phi) is 6.09. The fraction of sp³-hybridized carbons (Fsp3) is 0.148. The van der Waals surface area contributed by atoms with Gasteiger partial charge in [-0.2, -0.15) is 4.98 Å². The van der Waals surface area contributed by atoms with E-state index in [1.807, 2.05) is 50.2 Å². The van der Waals surface area contributed by atoms with Gasteiger partial charge in [0.25, 0.3) is 5.89 Å². The molecule has 176 valence electrons. The van der Waals surface area contributed by atoms with Crippen LogP contribution in [0, 0.1) is 12.7 Å². The average molecular weight is 489 g/mol. The largest absolute Gasteiger partial charge is 0.334 e. The summed E-state index contributed by atoms with van der Waals surface area (Å²) in [4.78, 5) is 19.5. The van der Waals surface area contributed by atoms with E-state index in [9.17, 15) is 9.18 Å². The van der Waals surface area contributed by atoms with Crippen molar-refractivity contribution in [1.29, 1.82) is 0 Å². The third kappa shape index (κ3) is 4.68. The lowest BCUT2D eigenvalue weighted by atomic mass is 9.94. The van der Waals surface area contributed by atoms with Crippen molar-refractivity contribution >= 4 is 23.2 Å². The smallest absolute Gasteiger partial charge is 0.322 e. The zero-order valence-electron chi connectivity index (χ0n) is 19.1. The predicted molar refractivity (Wildman–Crippen MR) is 132 cm³/mol. The Morgan fingerprint density at radius 2 is 1.80 bits per heavy atom. The molecule has 2 amide bonds. The van der Waals surface area contributed by atoms with E-state index >= 15 is 0 Å². The standard InChI is InChI=1S/C27H22ClFN4O2/c1-16-4-3-5-18(14-16)15-33-17(2)23(24(30-27(33)34)19-6-10-21(28)11-7-19)26-31-25(32-35-26)20-8-12-22(29)13-9-20/h3-14,24H,15H2,1-2H3,(H,30,34). The lowest BCUT2D eigenvalue weighted by Gasteiger charge is -2.35. The topological polar surface area (TPSA) is 71.3 Å². The Morgan fingerprint density at radius 3 is 2.51 bits per heavy atom. The number of allylic oxidation sites excluding steroid dienone is 1. The highest BCUT2D eigenvalue weighted by Gasteiger charge is 2.35. The molecule has 35 heavy (non-hydrogen) atoms. The van der Waals surface area contributed by atoms with Crippen LogP contribution in [0.15, 0.2) is 83.0 Å². The summed E-state index contributed by atoms with van der Waals surface area (Å²) in [5, 5.41) is 7.79. The van der Waals surface area contributed by atoms with Gasteiger partial charge in [-0.1, -0.05) is 58.7 Å². The molecular formula is C27H22ClFN4O2. The van der Waals surface area contributed by atoms with Gasteiger partial charge in [-0.15, -0.1) is 0 Å². The van der Waals surface area contributed by atoms with Gasteiger partial charge in [-0.05, 0) is 61.4 Å². The lowest BCUT2D eigenvalue weighted by molar-refractivity contribution is 0.203. The maximum absolute atomic E-state index is 13.4. The molecule has 1 unspecified atom stereocenters. The quantitative estimate of drug-likeness (QED) is 0.346. The van der Waals surface area contributed by atoms with Crippen LogP contribution in [0.5, 0.6) is 0 Å². The number of benzene rings is 3. The van der Waals surface area contributed by atoms with Gasteiger partial charge in [0, 0.05) is 16.3 Å². The zero-order chi connectivity index (χ0) is 24.5. The van der Waals surface area contributed by atoms with Crippen LogP contribution in [0.25, 0.3) is 17.0 Å². The third-order valence-corrected chi connectivity index (χ3v) is 6.23. The highest BCUT2D eigenvalue weighted by atomic mass is 35.5. The van der Waals surface area contributed by atoms with Crippen molar-refractivity contribution in [2.45, 2.75) is 26.4 Å². The molecule has 1 atom stereocenters. The van der Waals surface area contributed by atoms with Gasteiger partial charge in [0.15, 0.2) is 0 Å². The molecule has 3 aromatic carbocycles. The van der Waals surface area contributed by atoms with Crippen LogP contribution < -0.4 is 5.32 Å². The Hall–Kier alpha value is -3.97. The van der Waals surface area contributed by atoms with E-state index < -0.39 is 6.04 Å². The predicted octanol–water partition coefficient (Wildman–Crippen LogP) is 6.54. The summed E-state index contributed by atoms with van der Waals surface area (Å²) >= 11 is 6.09. The zero-order valence-corrected chi connectivity index (χ0v) is 19.9. The number of nitrogens with one attached hydrogen (secondary N) is 1. The number of amides is 2. The first-order valence-electron chi connectivity index (χ1n) is 11.1. The molecule has 1 aliphatic rings. The molecule has 0 saturated carbocycles. The molecule has 1 aromatic heterocycles. The third-order valence-electron chi connectivity index (χ3n) is 5.98. The van der Waals surface area contributed by atoms with E-state index in [0.29, 0.717) is 34.2 Å². The minimum absolute atomic E-state index is 0.231. The molecule has 6 nitrogen and oxygen atoms in total. The van der Waals surface area contributed by atoms with E-state index in [-0.39, 0.29) is 17.7 Å². The van der Waals surface area contributed by atoms with E-state index in [4.69, 9.17) is 16.1 Å². The number of aryl methyl sites for hydroxylation is 1. The molecule has 1 N–H and O–H groups in total. The number of urea groups is 1. The summed E-state index contributed by atoms with van der Waals surface area (Å²) in [6.07, 6.45) is 0. The van der Waals surface area contributed by atoms with Gasteiger partial charge < -0.3 is 9.84 Å². The number of hydrogen-bond acceptors (Lipinski definition) is 4. The summed E-state index contributed by atoms with van der Waals surface area (Å²) in [6.45, 7) is 4.27. The summed E-state index contributed by atoms with van der Waals surface area (Å²) in [5.74, 6) is 0.258. The molecule has 0 bridgehead atoms. The first kappa shape index (κ1) is 22.8. The van der Waals surface area contributed by atoms with Crippen LogP contribution in [0.2, 0.25) is 5.02 Å². The molecule has 2 heterocycles. The number of nitrogens with zero attached hydrogens (tertiary/aromatic N) is 3. The number of rotatable bonds is 5. The maximum Gasteiger partial charge on any atom is 0.322 e. The van der Waals surface area contributed by atoms with Gasteiger partial charge in [0.1, 0.15) is 5.82 Å². The first-order chi connectivity index (χ1) is 16.9. The number of aromatic nitrogens is 2. The van der Waals surface area contributed by atoms with Crippen LogP contribution in [-0.4, -0.2) is 21.1 Å². The normalized spacial score (nSPS) is 15.9. The minimum Gasteiger partial charge on any atom is -0.334 e. The molecule has 0 fully saturated rings. The Balaban J connectivity index is 1.59. The van der Waals surface area contributed by atoms with Crippen molar-refractivity contribution in [2.24, 2.45) is 0 Å². The van der Waals surface area contributed by atoms with E-state index in [1.165, 1.54) is 12.1 Å². The summed E-state index contributed by atoms with van der Waals surface area (Å²) in [7, 11) is 0. The van der Waals surface area contributed by atoms with Crippen LogP contribution >= 0.6 is 11.6 Å². The summed E-state index contributed by atoms with van der Waals surface area (Å²) in [5.41, 5.74) is 4.95. The highest BCUT2D eigenvalue weighted by molar-refractivity contribution is 6.30. The molecule has 5 rings (SSSR count). The number of carbonyl (C=O) groups is 1. The van der Waals surface area contributed by atoms with E-state index in [0.717, 1.165) is 16.7 Å². The Bertz CT molecular complexity index is 1410. The summed E-state index contributed by atoms with van der Waals surface area (Å²) < 4.78 is 19.0. The summed E-state index contributed by atoms with van der Waals surface area (Å²) in [6, 6.07) is 20.4. The SMILES string of the molecule is CC1=C(c2nc(-c3ccc(F)cc3)no2)C(c2ccc(Cl)cc2)NC(=O)N1Cc1cccc(C)c1. The fourth-order valence-electron chi connectivity index (χ4n) is 4.20. The highest BCUT2D eigenvalue weighted by Crippen LogP contribution is 2.38. The van der Waals surface area contributed by atoms with Crippen molar-refractivity contribution in [3.63, 3.8) is 0 Å². The van der Waals surface area contributed by atoms with Crippen molar-refractivity contribution in [3.05, 3.63) is 112 Å². The number of halogens is 2. The van der Waals surface area contributed by atoms with Crippen molar-refractivity contribution in [1.82, 2.24) is 20.4 Å². The van der Waals surface area contributed by atoms with Gasteiger partial charge in [-0.3, -0.25) is 4.90 Å². The van der Waals surface area contributed by atoms with Gasteiger partial charge in [-0.25, -0.2) is 9.18 Å². The Morgan fingerprint density at radius 1 is 1.06 bits per heavy atom. The Labute approximate surface area is 207 Å². The molecule has 0 saturated heterocycles. The number of hydrogen-bond donors (Lipinski definition) is 1. The second kappa shape index (κ2) is 9.35. The van der Waals surface area contributed by atoms with Crippen molar-refractivity contribution in [3.8, 4) is 11.4 Å². The second-order valence-electron chi connectivity index (χ2n) is 8.44. The van der Waals surface area contributed by atoms with Crippen molar-refractivity contribution in [2.75, 3.05) is 0 Å². The monoisotopic (exact) mass is 488 g/mol. The maximum atomic E-state index is 13.4. The second-order valence-corrected chi connectivity index (χ2v) is 8.87. The molecule has 0 radical (unpaired) electrons. The average Bonchev–Trinajstić information content (AvgIpc) is 3.32.